The van der Waals surface area contributed by atoms with Crippen molar-refractivity contribution in [3.05, 3.63) is 29.3 Å². The Bertz CT molecular complexity index is 277. The first-order chi connectivity index (χ1) is 5.20. The Labute approximate surface area is 96.6 Å². The zero-order valence-corrected chi connectivity index (χ0v) is 9.17. The van der Waals surface area contributed by atoms with Crippen LogP contribution >= 0.6 is 11.6 Å². The molecule has 0 spiro atoms. The van der Waals surface area contributed by atoms with Gasteiger partial charge in [-0.25, -0.2) is 0 Å². The number of para-hydroxylation sites is 1. The van der Waals surface area contributed by atoms with Crippen molar-refractivity contribution in [2.75, 3.05) is 0 Å². The monoisotopic (exact) mass is 194 g/mol. The molecule has 0 aliphatic carbocycles. The van der Waals surface area contributed by atoms with E-state index in [0.717, 1.165) is 0 Å². The third-order valence-corrected chi connectivity index (χ3v) is 1.34. The minimum absolute atomic E-state index is 0. The second-order valence-corrected chi connectivity index (χ2v) is 2.19. The fourth-order valence-corrected chi connectivity index (χ4v) is 0.792. The Hall–Kier alpha value is -0.220. The predicted molar refractivity (Wildman–Crippen MR) is 37.5 cm³/mol. The van der Waals surface area contributed by atoms with Crippen molar-refractivity contribution in [2.24, 2.45) is 0 Å². The molecular weight excluding hydrogens is 191 g/mol. The number of halogens is 1. The Balaban J connectivity index is 0.00000121. The van der Waals surface area contributed by atoms with Gasteiger partial charge in [-0.15, -0.1) is 0 Å². The maximum absolute atomic E-state index is 9.93. The molecule has 0 bridgehead atoms. The summed E-state index contributed by atoms with van der Waals surface area (Å²) in [5.41, 5.74) is 0. The number of hydrogen-bond donors (Lipinski definition) is 0. The first kappa shape index (κ1) is 11.8. The van der Waals surface area contributed by atoms with E-state index in [1.807, 2.05) is 0 Å². The molecule has 0 N–H and O–H groups in total. The van der Waals surface area contributed by atoms with E-state index in [1.165, 1.54) is 12.1 Å². The number of hydrogen-bond acceptors (Lipinski definition) is 3. The van der Waals surface area contributed by atoms with E-state index < -0.39 is 6.16 Å². The van der Waals surface area contributed by atoms with Gasteiger partial charge in [0.15, 0.2) is 0 Å². The zero-order chi connectivity index (χ0) is 8.27. The van der Waals surface area contributed by atoms with Gasteiger partial charge >= 0.3 is 29.6 Å². The molecule has 5 heteroatoms. The van der Waals surface area contributed by atoms with Gasteiger partial charge in [0, 0.05) is 0 Å². The van der Waals surface area contributed by atoms with Crippen molar-refractivity contribution in [1.82, 2.24) is 0 Å². The van der Waals surface area contributed by atoms with Crippen LogP contribution in [0.4, 0.5) is 4.79 Å². The van der Waals surface area contributed by atoms with E-state index in [9.17, 15) is 9.90 Å². The van der Waals surface area contributed by atoms with Crippen LogP contribution in [0.15, 0.2) is 24.3 Å². The molecule has 0 radical (unpaired) electrons. The largest absolute Gasteiger partial charge is 1.00 e. The van der Waals surface area contributed by atoms with Crippen molar-refractivity contribution in [3.8, 4) is 5.75 Å². The Kier molecular flexibility index (Phi) is 5.33. The van der Waals surface area contributed by atoms with Gasteiger partial charge in [0.05, 0.1) is 10.8 Å². The van der Waals surface area contributed by atoms with Crippen LogP contribution in [-0.2, 0) is 0 Å². The predicted octanol–water partition coefficient (Wildman–Crippen LogP) is -1.93. The van der Waals surface area contributed by atoms with Crippen LogP contribution in [0.3, 0.4) is 0 Å². The molecule has 12 heavy (non-hydrogen) atoms. The van der Waals surface area contributed by atoms with Gasteiger partial charge in [-0.3, -0.25) is 0 Å². The minimum atomic E-state index is -1.61. The van der Waals surface area contributed by atoms with Crippen LogP contribution in [0, 0.1) is 0 Å². The van der Waals surface area contributed by atoms with Crippen LogP contribution in [-0.4, -0.2) is 6.16 Å². The third kappa shape index (κ3) is 3.45. The summed E-state index contributed by atoms with van der Waals surface area (Å²) in [4.78, 5) is 9.93. The summed E-state index contributed by atoms with van der Waals surface area (Å²) in [6.07, 6.45) is -1.61. The van der Waals surface area contributed by atoms with Crippen LogP contribution < -0.4 is 39.4 Å². The maximum atomic E-state index is 9.93. The van der Waals surface area contributed by atoms with Gasteiger partial charge in [-0.05, 0) is 12.1 Å². The molecule has 0 aliphatic heterocycles. The SMILES string of the molecule is O=C([O-])Oc1ccccc1Cl.[Na+]. The molecule has 1 aromatic carbocycles. The van der Waals surface area contributed by atoms with E-state index in [2.05, 4.69) is 4.74 Å². The number of rotatable bonds is 1. The molecule has 0 amide bonds. The minimum Gasteiger partial charge on any atom is -0.512 e. The summed E-state index contributed by atoms with van der Waals surface area (Å²) in [6, 6.07) is 6.26. The molecule has 1 aromatic rings. The number of carbonyl (C=O) groups excluding carboxylic acids is 1. The van der Waals surface area contributed by atoms with Crippen LogP contribution in [0.2, 0.25) is 5.02 Å². The van der Waals surface area contributed by atoms with E-state index in [0.29, 0.717) is 0 Å². The van der Waals surface area contributed by atoms with E-state index >= 15 is 0 Å². The summed E-state index contributed by atoms with van der Waals surface area (Å²) in [7, 11) is 0. The fraction of sp³-hybridized carbons (Fsp3) is 0. The average Bonchev–Trinajstić information content (AvgIpc) is 1.93. The van der Waals surface area contributed by atoms with Gasteiger partial charge in [0.1, 0.15) is 0 Å². The molecule has 0 aromatic heterocycles. The summed E-state index contributed by atoms with van der Waals surface area (Å²) in [6.45, 7) is 0. The molecule has 0 aliphatic rings. The van der Waals surface area contributed by atoms with Crippen molar-refractivity contribution in [2.45, 2.75) is 0 Å². The van der Waals surface area contributed by atoms with Gasteiger partial charge in [-0.1, -0.05) is 23.7 Å². The van der Waals surface area contributed by atoms with Crippen molar-refractivity contribution >= 4 is 17.8 Å². The maximum Gasteiger partial charge on any atom is 1.00 e. The summed E-state index contributed by atoms with van der Waals surface area (Å²) < 4.78 is 4.22. The van der Waals surface area contributed by atoms with E-state index in [4.69, 9.17) is 11.6 Å². The molecule has 58 valence electrons. The van der Waals surface area contributed by atoms with Gasteiger partial charge in [0.2, 0.25) is 0 Å². The summed E-state index contributed by atoms with van der Waals surface area (Å²) >= 11 is 5.55. The molecule has 3 nitrogen and oxygen atoms in total. The van der Waals surface area contributed by atoms with Gasteiger partial charge < -0.3 is 14.6 Å². The number of benzene rings is 1. The van der Waals surface area contributed by atoms with Crippen molar-refractivity contribution in [1.29, 1.82) is 0 Å². The van der Waals surface area contributed by atoms with Gasteiger partial charge in [-0.2, -0.15) is 0 Å². The van der Waals surface area contributed by atoms with Crippen LogP contribution in [0.25, 0.3) is 0 Å². The average molecular weight is 195 g/mol. The molecule has 0 saturated heterocycles. The normalized spacial score (nSPS) is 8.42. The quantitative estimate of drug-likeness (QED) is 0.297. The fourth-order valence-electron chi connectivity index (χ4n) is 0.617. The molecule has 0 unspecified atom stereocenters. The molecule has 0 atom stereocenters. The topological polar surface area (TPSA) is 49.4 Å². The Morgan fingerprint density at radius 2 is 2.00 bits per heavy atom. The Morgan fingerprint density at radius 1 is 1.42 bits per heavy atom. The molecule has 0 heterocycles. The number of carbonyl (C=O) groups is 1. The summed E-state index contributed by atoms with van der Waals surface area (Å²) in [5.74, 6) is 0.0918. The number of carboxylic acid groups (broad SMARTS) is 1. The first-order valence-corrected chi connectivity index (χ1v) is 3.21. The van der Waals surface area contributed by atoms with E-state index in [-0.39, 0.29) is 40.3 Å². The second-order valence-electron chi connectivity index (χ2n) is 1.78. The summed E-state index contributed by atoms with van der Waals surface area (Å²) in [5, 5.41) is 10.2. The molecule has 0 saturated carbocycles. The molecule has 1 rings (SSSR count). The molecule has 0 fully saturated rings. The first-order valence-electron chi connectivity index (χ1n) is 2.83. The van der Waals surface area contributed by atoms with E-state index in [1.54, 1.807) is 12.1 Å². The zero-order valence-electron chi connectivity index (χ0n) is 6.41. The second kappa shape index (κ2) is 5.43. The van der Waals surface area contributed by atoms with Crippen LogP contribution in [0.5, 0.6) is 5.75 Å². The van der Waals surface area contributed by atoms with Crippen molar-refractivity contribution < 1.29 is 44.2 Å². The smallest absolute Gasteiger partial charge is 0.512 e. The van der Waals surface area contributed by atoms with Gasteiger partial charge in [0.25, 0.3) is 6.16 Å². The third-order valence-electron chi connectivity index (χ3n) is 1.03. The van der Waals surface area contributed by atoms with Crippen LogP contribution in [0.1, 0.15) is 0 Å². The number of ether oxygens (including phenoxy) is 1. The Morgan fingerprint density at radius 3 is 2.50 bits per heavy atom. The van der Waals surface area contributed by atoms with Crippen molar-refractivity contribution in [3.63, 3.8) is 0 Å². The molecular formula is C7H4ClNaO3. The standard InChI is InChI=1S/C7H5ClO3.Na/c8-5-3-1-2-4-6(5)11-7(9)10;/h1-4H,(H,9,10);/q;+1/p-1.